The number of carbonyl (C=O) groups excluding carboxylic acids is 1. The van der Waals surface area contributed by atoms with Crippen LogP contribution in [0.25, 0.3) is 0 Å². The van der Waals surface area contributed by atoms with Gasteiger partial charge in [0.05, 0.1) is 0 Å². The summed E-state index contributed by atoms with van der Waals surface area (Å²) >= 11 is 0. The molecule has 0 N–H and O–H groups in total. The first-order valence-electron chi connectivity index (χ1n) is 5.36. The van der Waals surface area contributed by atoms with Crippen molar-refractivity contribution in [2.45, 2.75) is 40.0 Å². The highest BCUT2D eigenvalue weighted by molar-refractivity contribution is 5.87. The fourth-order valence-corrected chi connectivity index (χ4v) is 1.73. The highest BCUT2D eigenvalue weighted by atomic mass is 16.1. The van der Waals surface area contributed by atoms with Crippen LogP contribution in [0.2, 0.25) is 0 Å². The molecule has 1 rings (SSSR count). The Bertz CT molecular complexity index is 258. The van der Waals surface area contributed by atoms with Crippen LogP contribution in [0.1, 0.15) is 40.0 Å². The van der Waals surface area contributed by atoms with Crippen molar-refractivity contribution in [3.63, 3.8) is 0 Å². The zero-order valence-corrected chi connectivity index (χ0v) is 9.42. The van der Waals surface area contributed by atoms with Crippen LogP contribution in [-0.4, -0.2) is 5.78 Å². The second kappa shape index (κ2) is 4.59. The number of rotatable bonds is 5. The minimum absolute atomic E-state index is 0.109. The van der Waals surface area contributed by atoms with Gasteiger partial charge in [-0.2, -0.15) is 0 Å². The molecule has 0 spiro atoms. The van der Waals surface area contributed by atoms with E-state index in [1.165, 1.54) is 12.8 Å². The third kappa shape index (κ3) is 3.91. The van der Waals surface area contributed by atoms with Crippen LogP contribution in [0.4, 0.5) is 0 Å². The summed E-state index contributed by atoms with van der Waals surface area (Å²) in [6, 6.07) is 0. The van der Waals surface area contributed by atoms with Crippen molar-refractivity contribution in [1.82, 2.24) is 0 Å². The Morgan fingerprint density at radius 2 is 2.07 bits per heavy atom. The van der Waals surface area contributed by atoms with Gasteiger partial charge in [0.2, 0.25) is 0 Å². The van der Waals surface area contributed by atoms with Crippen molar-refractivity contribution in [2.75, 3.05) is 0 Å². The molecule has 0 saturated heterocycles. The maximum absolute atomic E-state index is 10.6. The maximum atomic E-state index is 10.6. The van der Waals surface area contributed by atoms with E-state index in [1.54, 1.807) is 13.0 Å². The monoisotopic (exact) mass is 192 g/mol. The normalized spacial score (nSPS) is 24.6. The molecule has 14 heavy (non-hydrogen) atoms. The van der Waals surface area contributed by atoms with Gasteiger partial charge in [0, 0.05) is 0 Å². The lowest BCUT2D eigenvalue weighted by molar-refractivity contribution is -0.112. The second-order valence-electron chi connectivity index (χ2n) is 4.86. The molecule has 0 aliphatic heterocycles. The van der Waals surface area contributed by atoms with Crippen LogP contribution in [-0.2, 0) is 4.79 Å². The Hall–Kier alpha value is -0.850. The van der Waals surface area contributed by atoms with E-state index in [1.807, 2.05) is 12.2 Å². The standard InChI is InChI=1S/C13H20O/c1-11(14)8-6-4-5-7-9-12-10-13(12,2)3/h4-6,8,12H,7,9-10H2,1-3H3. The number of hydrogen-bond donors (Lipinski definition) is 0. The summed E-state index contributed by atoms with van der Waals surface area (Å²) in [7, 11) is 0. The van der Waals surface area contributed by atoms with Gasteiger partial charge >= 0.3 is 0 Å². The van der Waals surface area contributed by atoms with Crippen LogP contribution >= 0.6 is 0 Å². The molecule has 1 atom stereocenters. The number of ketones is 1. The Morgan fingerprint density at radius 1 is 1.43 bits per heavy atom. The van der Waals surface area contributed by atoms with E-state index in [0.29, 0.717) is 5.41 Å². The average molecular weight is 192 g/mol. The molecule has 0 aromatic rings. The van der Waals surface area contributed by atoms with Crippen LogP contribution in [0.5, 0.6) is 0 Å². The molecule has 0 aromatic heterocycles. The predicted molar refractivity (Wildman–Crippen MR) is 60.1 cm³/mol. The minimum Gasteiger partial charge on any atom is -0.295 e. The van der Waals surface area contributed by atoms with Crippen LogP contribution < -0.4 is 0 Å². The lowest BCUT2D eigenvalue weighted by Gasteiger charge is -1.99. The van der Waals surface area contributed by atoms with E-state index in [0.717, 1.165) is 12.3 Å². The van der Waals surface area contributed by atoms with E-state index in [-0.39, 0.29) is 5.78 Å². The first kappa shape index (κ1) is 11.2. The molecule has 0 amide bonds. The molecule has 1 heteroatoms. The van der Waals surface area contributed by atoms with E-state index in [2.05, 4.69) is 19.9 Å². The molecule has 1 nitrogen and oxygen atoms in total. The van der Waals surface area contributed by atoms with Gasteiger partial charge in [0.1, 0.15) is 0 Å². The molecule has 0 bridgehead atoms. The van der Waals surface area contributed by atoms with Gasteiger partial charge in [-0.15, -0.1) is 0 Å². The van der Waals surface area contributed by atoms with Crippen LogP contribution in [0, 0.1) is 11.3 Å². The summed E-state index contributed by atoms with van der Waals surface area (Å²) in [5.41, 5.74) is 0.600. The van der Waals surface area contributed by atoms with Gasteiger partial charge < -0.3 is 0 Å². The molecule has 1 saturated carbocycles. The van der Waals surface area contributed by atoms with Crippen molar-refractivity contribution in [3.8, 4) is 0 Å². The zero-order chi connectivity index (χ0) is 10.6. The first-order valence-corrected chi connectivity index (χ1v) is 5.36. The third-order valence-electron chi connectivity index (χ3n) is 2.98. The summed E-state index contributed by atoms with van der Waals surface area (Å²) in [4.78, 5) is 10.6. The van der Waals surface area contributed by atoms with Gasteiger partial charge in [-0.1, -0.05) is 32.1 Å². The molecular formula is C13H20O. The molecule has 1 unspecified atom stereocenters. The molecule has 1 fully saturated rings. The lowest BCUT2D eigenvalue weighted by Crippen LogP contribution is -1.88. The Labute approximate surface area is 86.9 Å². The summed E-state index contributed by atoms with van der Waals surface area (Å²) < 4.78 is 0. The maximum Gasteiger partial charge on any atom is 0.152 e. The minimum atomic E-state index is 0.109. The fraction of sp³-hybridized carbons (Fsp3) is 0.615. The topological polar surface area (TPSA) is 17.1 Å². The second-order valence-corrected chi connectivity index (χ2v) is 4.86. The van der Waals surface area contributed by atoms with Crippen molar-refractivity contribution in [2.24, 2.45) is 11.3 Å². The number of carbonyl (C=O) groups is 1. The highest BCUT2D eigenvalue weighted by Gasteiger charge is 2.44. The SMILES string of the molecule is CC(=O)C=CC=CCCC1CC1(C)C. The van der Waals surface area contributed by atoms with Crippen molar-refractivity contribution >= 4 is 5.78 Å². The Balaban J connectivity index is 2.07. The van der Waals surface area contributed by atoms with Gasteiger partial charge in [0.25, 0.3) is 0 Å². The summed E-state index contributed by atoms with van der Waals surface area (Å²) in [5.74, 6) is 1.03. The van der Waals surface area contributed by atoms with Crippen molar-refractivity contribution in [1.29, 1.82) is 0 Å². The third-order valence-corrected chi connectivity index (χ3v) is 2.98. The molecule has 78 valence electrons. The number of allylic oxidation sites excluding steroid dienone is 4. The molecule has 0 heterocycles. The molecular weight excluding hydrogens is 172 g/mol. The Morgan fingerprint density at radius 3 is 2.57 bits per heavy atom. The quantitative estimate of drug-likeness (QED) is 0.481. The lowest BCUT2D eigenvalue weighted by atomic mass is 10.1. The molecule has 1 aliphatic rings. The Kier molecular flexibility index (Phi) is 3.68. The first-order chi connectivity index (χ1) is 6.52. The van der Waals surface area contributed by atoms with Crippen molar-refractivity contribution in [3.05, 3.63) is 24.3 Å². The number of hydrogen-bond acceptors (Lipinski definition) is 1. The van der Waals surface area contributed by atoms with E-state index < -0.39 is 0 Å². The van der Waals surface area contributed by atoms with E-state index >= 15 is 0 Å². The predicted octanol–water partition coefficient (Wildman–Crippen LogP) is 3.51. The van der Waals surface area contributed by atoms with Crippen LogP contribution in [0.15, 0.2) is 24.3 Å². The molecule has 0 radical (unpaired) electrons. The summed E-state index contributed by atoms with van der Waals surface area (Å²) in [5, 5.41) is 0. The summed E-state index contributed by atoms with van der Waals surface area (Å²) in [6.07, 6.45) is 11.3. The molecule has 0 aromatic carbocycles. The molecule has 1 aliphatic carbocycles. The smallest absolute Gasteiger partial charge is 0.152 e. The summed E-state index contributed by atoms with van der Waals surface area (Å²) in [6.45, 7) is 6.23. The van der Waals surface area contributed by atoms with Gasteiger partial charge in [-0.25, -0.2) is 0 Å². The largest absolute Gasteiger partial charge is 0.295 e. The fourth-order valence-electron chi connectivity index (χ4n) is 1.73. The highest BCUT2D eigenvalue weighted by Crippen LogP contribution is 2.54. The van der Waals surface area contributed by atoms with Crippen molar-refractivity contribution < 1.29 is 4.79 Å². The van der Waals surface area contributed by atoms with Crippen LogP contribution in [0.3, 0.4) is 0 Å². The average Bonchev–Trinajstić information content (AvgIpc) is 2.66. The van der Waals surface area contributed by atoms with Gasteiger partial charge in [0.15, 0.2) is 5.78 Å². The van der Waals surface area contributed by atoms with Gasteiger partial charge in [-0.3, -0.25) is 4.79 Å². The van der Waals surface area contributed by atoms with E-state index in [9.17, 15) is 4.79 Å². The van der Waals surface area contributed by atoms with Gasteiger partial charge in [-0.05, 0) is 43.6 Å². The zero-order valence-electron chi connectivity index (χ0n) is 9.42. The van der Waals surface area contributed by atoms with E-state index in [4.69, 9.17) is 0 Å².